The first-order valence-electron chi connectivity index (χ1n) is 6.43. The minimum atomic E-state index is -2.98. The molecular formula is C16H11ClF3NO2. The van der Waals surface area contributed by atoms with Crippen molar-refractivity contribution in [3.63, 3.8) is 0 Å². The van der Waals surface area contributed by atoms with Gasteiger partial charge in [-0.25, -0.2) is 4.39 Å². The van der Waals surface area contributed by atoms with Gasteiger partial charge in [-0.05, 0) is 42.0 Å². The molecule has 120 valence electrons. The summed E-state index contributed by atoms with van der Waals surface area (Å²) in [5.41, 5.74) is 0.977. The van der Waals surface area contributed by atoms with Crippen LogP contribution in [0.5, 0.6) is 5.75 Å². The zero-order valence-corrected chi connectivity index (χ0v) is 12.4. The number of benzene rings is 2. The monoisotopic (exact) mass is 341 g/mol. The van der Waals surface area contributed by atoms with E-state index in [1.54, 1.807) is 0 Å². The summed E-state index contributed by atoms with van der Waals surface area (Å²) in [6, 6.07) is 9.50. The first-order chi connectivity index (χ1) is 10.9. The van der Waals surface area contributed by atoms with Crippen LogP contribution in [-0.2, 0) is 4.79 Å². The number of anilines is 1. The van der Waals surface area contributed by atoms with Gasteiger partial charge in [0.2, 0.25) is 5.91 Å². The van der Waals surface area contributed by atoms with Gasteiger partial charge >= 0.3 is 6.61 Å². The molecule has 2 aromatic carbocycles. The molecule has 0 unspecified atom stereocenters. The molecule has 3 nitrogen and oxygen atoms in total. The van der Waals surface area contributed by atoms with Crippen molar-refractivity contribution in [2.75, 3.05) is 5.32 Å². The van der Waals surface area contributed by atoms with Crippen molar-refractivity contribution in [2.24, 2.45) is 0 Å². The van der Waals surface area contributed by atoms with E-state index < -0.39 is 12.5 Å². The third-order valence-corrected chi connectivity index (χ3v) is 3.01. The van der Waals surface area contributed by atoms with E-state index in [1.165, 1.54) is 54.6 Å². The number of hydrogen-bond acceptors (Lipinski definition) is 2. The number of halogens is 4. The largest absolute Gasteiger partial charge is 0.433 e. The summed E-state index contributed by atoms with van der Waals surface area (Å²) in [7, 11) is 0. The van der Waals surface area contributed by atoms with E-state index in [0.29, 0.717) is 11.3 Å². The molecule has 0 spiro atoms. The summed E-state index contributed by atoms with van der Waals surface area (Å²) in [4.78, 5) is 11.8. The van der Waals surface area contributed by atoms with Crippen LogP contribution >= 0.6 is 11.6 Å². The molecule has 1 N–H and O–H groups in total. The van der Waals surface area contributed by atoms with E-state index in [4.69, 9.17) is 11.6 Å². The number of carbonyl (C=O) groups excluding carboxylic acids is 1. The number of rotatable bonds is 5. The van der Waals surface area contributed by atoms with Crippen molar-refractivity contribution >= 4 is 29.3 Å². The van der Waals surface area contributed by atoms with Crippen molar-refractivity contribution in [3.05, 3.63) is 64.9 Å². The Morgan fingerprint density at radius 2 is 1.87 bits per heavy atom. The van der Waals surface area contributed by atoms with Crippen molar-refractivity contribution < 1.29 is 22.7 Å². The van der Waals surface area contributed by atoms with Gasteiger partial charge in [0, 0.05) is 11.8 Å². The minimum Gasteiger partial charge on any atom is -0.433 e. The van der Waals surface area contributed by atoms with E-state index in [0.717, 1.165) is 0 Å². The molecule has 0 heterocycles. The second-order valence-corrected chi connectivity index (χ2v) is 4.81. The molecule has 7 heteroatoms. The molecule has 0 fully saturated rings. The summed E-state index contributed by atoms with van der Waals surface area (Å²) in [6.07, 6.45) is 2.76. The number of alkyl halides is 2. The van der Waals surface area contributed by atoms with Crippen molar-refractivity contribution in [1.82, 2.24) is 0 Å². The lowest BCUT2D eigenvalue weighted by molar-refractivity contribution is -0.111. The van der Waals surface area contributed by atoms with Crippen LogP contribution in [0.1, 0.15) is 5.56 Å². The molecule has 23 heavy (non-hydrogen) atoms. The standard InChI is InChI=1S/C16H11ClF3NO2/c17-13-9-12(6-7-14(13)23-16(19)20)21-15(22)8-3-10-1-4-11(18)5-2-10/h1-9,16H,(H,21,22)/b8-3+. The van der Waals surface area contributed by atoms with Gasteiger partial charge in [-0.3, -0.25) is 4.79 Å². The van der Waals surface area contributed by atoms with E-state index >= 15 is 0 Å². The number of carbonyl (C=O) groups is 1. The van der Waals surface area contributed by atoms with E-state index in [2.05, 4.69) is 10.1 Å². The van der Waals surface area contributed by atoms with Crippen LogP contribution in [0.15, 0.2) is 48.5 Å². The maximum absolute atomic E-state index is 12.7. The lowest BCUT2D eigenvalue weighted by Gasteiger charge is -2.08. The predicted molar refractivity (Wildman–Crippen MR) is 82.1 cm³/mol. The first kappa shape index (κ1) is 16.9. The minimum absolute atomic E-state index is 0.0504. The number of amides is 1. The van der Waals surface area contributed by atoms with Crippen LogP contribution in [0.25, 0.3) is 6.08 Å². The Kier molecular flexibility index (Phi) is 5.65. The summed E-state index contributed by atoms with van der Waals surface area (Å²) in [6.45, 7) is -2.98. The molecule has 0 saturated heterocycles. The fourth-order valence-electron chi connectivity index (χ4n) is 1.70. The van der Waals surface area contributed by atoms with Crippen molar-refractivity contribution in [1.29, 1.82) is 0 Å². The topological polar surface area (TPSA) is 38.3 Å². The van der Waals surface area contributed by atoms with E-state index in [9.17, 15) is 18.0 Å². The third-order valence-electron chi connectivity index (χ3n) is 2.71. The van der Waals surface area contributed by atoms with Gasteiger partial charge in [0.25, 0.3) is 0 Å². The van der Waals surface area contributed by atoms with Gasteiger partial charge in [-0.1, -0.05) is 23.7 Å². The van der Waals surface area contributed by atoms with E-state index in [1.807, 2.05) is 0 Å². The van der Waals surface area contributed by atoms with Crippen molar-refractivity contribution in [3.8, 4) is 5.75 Å². The smallest absolute Gasteiger partial charge is 0.387 e. The van der Waals surface area contributed by atoms with Crippen molar-refractivity contribution in [2.45, 2.75) is 6.61 Å². The molecule has 0 aliphatic carbocycles. The highest BCUT2D eigenvalue weighted by Crippen LogP contribution is 2.28. The maximum Gasteiger partial charge on any atom is 0.387 e. The lowest BCUT2D eigenvalue weighted by atomic mass is 10.2. The van der Waals surface area contributed by atoms with Crippen LogP contribution in [0.2, 0.25) is 5.02 Å². The van der Waals surface area contributed by atoms with E-state index in [-0.39, 0.29) is 16.6 Å². The zero-order chi connectivity index (χ0) is 16.8. The number of nitrogens with one attached hydrogen (secondary N) is 1. The molecule has 0 radical (unpaired) electrons. The summed E-state index contributed by atoms with van der Waals surface area (Å²) >= 11 is 5.78. The summed E-state index contributed by atoms with van der Waals surface area (Å²) in [5, 5.41) is 2.47. The Morgan fingerprint density at radius 1 is 1.17 bits per heavy atom. The van der Waals surface area contributed by atoms with Gasteiger partial charge < -0.3 is 10.1 Å². The SMILES string of the molecule is O=C(/C=C/c1ccc(F)cc1)Nc1ccc(OC(F)F)c(Cl)c1. The average Bonchev–Trinajstić information content (AvgIpc) is 2.49. The van der Waals surface area contributed by atoms with Crippen LogP contribution < -0.4 is 10.1 Å². The highest BCUT2D eigenvalue weighted by molar-refractivity contribution is 6.32. The molecule has 0 aliphatic rings. The van der Waals surface area contributed by atoms with Gasteiger partial charge in [0.05, 0.1) is 5.02 Å². The van der Waals surface area contributed by atoms with Crippen LogP contribution in [0, 0.1) is 5.82 Å². The third kappa shape index (κ3) is 5.34. The normalized spacial score (nSPS) is 11.0. The quantitative estimate of drug-likeness (QED) is 0.798. The van der Waals surface area contributed by atoms with Gasteiger partial charge in [0.1, 0.15) is 11.6 Å². The summed E-state index contributed by atoms with van der Waals surface area (Å²) < 4.78 is 41.2. The molecule has 0 aliphatic heterocycles. The molecule has 0 atom stereocenters. The molecule has 0 saturated carbocycles. The highest BCUT2D eigenvalue weighted by atomic mass is 35.5. The Balaban J connectivity index is 1.99. The Hall–Kier alpha value is -2.47. The molecule has 1 amide bonds. The van der Waals surface area contributed by atoms with Crippen LogP contribution in [0.4, 0.5) is 18.9 Å². The molecule has 0 bridgehead atoms. The zero-order valence-electron chi connectivity index (χ0n) is 11.6. The molecule has 0 aromatic heterocycles. The van der Waals surface area contributed by atoms with Crippen LogP contribution in [-0.4, -0.2) is 12.5 Å². The Morgan fingerprint density at radius 3 is 2.48 bits per heavy atom. The van der Waals surface area contributed by atoms with Gasteiger partial charge in [-0.15, -0.1) is 0 Å². The fraction of sp³-hybridized carbons (Fsp3) is 0.0625. The first-order valence-corrected chi connectivity index (χ1v) is 6.81. The second kappa shape index (κ2) is 7.69. The molecule has 2 rings (SSSR count). The predicted octanol–water partition coefficient (Wildman–Crippen LogP) is 4.73. The lowest BCUT2D eigenvalue weighted by Crippen LogP contribution is -2.08. The molecule has 2 aromatic rings. The highest BCUT2D eigenvalue weighted by Gasteiger charge is 2.09. The van der Waals surface area contributed by atoms with Gasteiger partial charge in [-0.2, -0.15) is 8.78 Å². The Bertz CT molecular complexity index is 718. The Labute approximate surface area is 135 Å². The molecular weight excluding hydrogens is 331 g/mol. The average molecular weight is 342 g/mol. The summed E-state index contributed by atoms with van der Waals surface area (Å²) in [5.74, 6) is -0.998. The van der Waals surface area contributed by atoms with Crippen LogP contribution in [0.3, 0.4) is 0 Å². The number of ether oxygens (including phenoxy) is 1. The number of hydrogen-bond donors (Lipinski definition) is 1. The van der Waals surface area contributed by atoms with Gasteiger partial charge in [0.15, 0.2) is 0 Å². The fourth-order valence-corrected chi connectivity index (χ4v) is 1.92. The second-order valence-electron chi connectivity index (χ2n) is 4.40. The maximum atomic E-state index is 12.7.